The number of hydrogen-bond donors (Lipinski definition) is 1. The van der Waals surface area contributed by atoms with Crippen LogP contribution in [0.25, 0.3) is 0 Å². The van der Waals surface area contributed by atoms with Crippen molar-refractivity contribution >= 4 is 51.3 Å². The van der Waals surface area contributed by atoms with Gasteiger partial charge in [-0.05, 0) is 47.5 Å². The molecule has 36 heavy (non-hydrogen) atoms. The van der Waals surface area contributed by atoms with Gasteiger partial charge in [0.2, 0.25) is 0 Å². The summed E-state index contributed by atoms with van der Waals surface area (Å²) in [6.07, 6.45) is 3.28. The standard InChI is InChI=1S/C26H21BrCl2N4O3/c1-35-25-12-18(2-5-19(25)16-36-21-8-9-22(28)23(29)13-21)14-30-31-26(34)24-10-11-33(32-24)15-17-3-6-20(27)7-4-17/h2-14H,15-16H2,1H3,(H,31,34)/b30-14-. The molecule has 0 radical (unpaired) electrons. The molecule has 0 saturated heterocycles. The molecule has 0 aliphatic rings. The van der Waals surface area contributed by atoms with Gasteiger partial charge in [0.15, 0.2) is 5.69 Å². The number of benzene rings is 3. The molecule has 0 unspecified atom stereocenters. The van der Waals surface area contributed by atoms with Crippen LogP contribution in [0.4, 0.5) is 0 Å². The minimum absolute atomic E-state index is 0.275. The zero-order chi connectivity index (χ0) is 25.5. The average molecular weight is 588 g/mol. The molecule has 0 spiro atoms. The predicted molar refractivity (Wildman–Crippen MR) is 144 cm³/mol. The van der Waals surface area contributed by atoms with Crippen molar-refractivity contribution in [3.05, 3.63) is 110 Å². The quantitative estimate of drug-likeness (QED) is 0.183. The lowest BCUT2D eigenvalue weighted by Crippen LogP contribution is -2.18. The van der Waals surface area contributed by atoms with Gasteiger partial charge in [0.1, 0.15) is 18.1 Å². The van der Waals surface area contributed by atoms with Gasteiger partial charge >= 0.3 is 0 Å². The van der Waals surface area contributed by atoms with Gasteiger partial charge in [0.05, 0.1) is 29.9 Å². The van der Waals surface area contributed by atoms with Gasteiger partial charge in [-0.3, -0.25) is 9.48 Å². The molecule has 10 heteroatoms. The van der Waals surface area contributed by atoms with Gasteiger partial charge in [-0.1, -0.05) is 63.4 Å². The van der Waals surface area contributed by atoms with E-state index in [0.717, 1.165) is 21.2 Å². The van der Waals surface area contributed by atoms with E-state index in [1.54, 1.807) is 48.3 Å². The molecule has 1 aromatic heterocycles. The zero-order valence-electron chi connectivity index (χ0n) is 19.1. The molecule has 1 amide bonds. The first-order valence-electron chi connectivity index (χ1n) is 10.8. The van der Waals surface area contributed by atoms with E-state index in [-0.39, 0.29) is 12.3 Å². The Labute approximate surface area is 226 Å². The Hall–Kier alpha value is -3.33. The number of rotatable bonds is 9. The summed E-state index contributed by atoms with van der Waals surface area (Å²) < 4.78 is 14.0. The predicted octanol–water partition coefficient (Wildman–Crippen LogP) is 6.35. The first-order chi connectivity index (χ1) is 17.4. The maximum atomic E-state index is 12.4. The van der Waals surface area contributed by atoms with E-state index < -0.39 is 5.91 Å². The van der Waals surface area contributed by atoms with Crippen molar-refractivity contribution in [1.82, 2.24) is 15.2 Å². The Balaban J connectivity index is 1.33. The fourth-order valence-electron chi connectivity index (χ4n) is 3.26. The van der Waals surface area contributed by atoms with Gasteiger partial charge in [0.25, 0.3) is 5.91 Å². The molecule has 0 atom stereocenters. The summed E-state index contributed by atoms with van der Waals surface area (Å²) in [5, 5.41) is 9.25. The summed E-state index contributed by atoms with van der Waals surface area (Å²) in [5.41, 5.74) is 5.43. The highest BCUT2D eigenvalue weighted by atomic mass is 79.9. The third-order valence-corrected chi connectivity index (χ3v) is 6.38. The van der Waals surface area contributed by atoms with Crippen LogP contribution in [0.2, 0.25) is 10.0 Å². The summed E-state index contributed by atoms with van der Waals surface area (Å²) in [4.78, 5) is 12.4. The van der Waals surface area contributed by atoms with Crippen LogP contribution in [-0.2, 0) is 13.2 Å². The molecule has 0 aliphatic heterocycles. The average Bonchev–Trinajstić information content (AvgIpc) is 3.35. The van der Waals surface area contributed by atoms with Crippen molar-refractivity contribution < 1.29 is 14.3 Å². The van der Waals surface area contributed by atoms with Crippen molar-refractivity contribution in [3.8, 4) is 11.5 Å². The van der Waals surface area contributed by atoms with Crippen LogP contribution < -0.4 is 14.9 Å². The Morgan fingerprint density at radius 3 is 2.64 bits per heavy atom. The molecule has 0 bridgehead atoms. The van der Waals surface area contributed by atoms with Crippen LogP contribution in [0, 0.1) is 0 Å². The van der Waals surface area contributed by atoms with Crippen molar-refractivity contribution in [2.45, 2.75) is 13.2 Å². The fraction of sp³-hybridized carbons (Fsp3) is 0.115. The smallest absolute Gasteiger partial charge is 0.291 e. The number of nitrogens with one attached hydrogen (secondary N) is 1. The molecule has 4 aromatic rings. The number of hydrogen-bond acceptors (Lipinski definition) is 5. The molecule has 1 N–H and O–H groups in total. The summed E-state index contributed by atoms with van der Waals surface area (Å²) in [6, 6.07) is 20.2. The zero-order valence-corrected chi connectivity index (χ0v) is 22.2. The number of nitrogens with zero attached hydrogens (tertiary/aromatic N) is 3. The highest BCUT2D eigenvalue weighted by Gasteiger charge is 2.10. The first-order valence-corrected chi connectivity index (χ1v) is 12.3. The number of halogens is 3. The Morgan fingerprint density at radius 2 is 1.89 bits per heavy atom. The van der Waals surface area contributed by atoms with Gasteiger partial charge in [-0.2, -0.15) is 10.2 Å². The Morgan fingerprint density at radius 1 is 1.08 bits per heavy atom. The van der Waals surface area contributed by atoms with E-state index in [4.69, 9.17) is 32.7 Å². The summed E-state index contributed by atoms with van der Waals surface area (Å²) >= 11 is 15.4. The van der Waals surface area contributed by atoms with Gasteiger partial charge in [0, 0.05) is 22.3 Å². The van der Waals surface area contributed by atoms with E-state index in [9.17, 15) is 4.79 Å². The summed E-state index contributed by atoms with van der Waals surface area (Å²) in [5.74, 6) is 0.815. The topological polar surface area (TPSA) is 77.7 Å². The SMILES string of the molecule is COc1cc(/C=N\NC(=O)c2ccn(Cc3ccc(Br)cc3)n2)ccc1COc1ccc(Cl)c(Cl)c1. The van der Waals surface area contributed by atoms with Gasteiger partial charge in [-0.15, -0.1) is 0 Å². The highest BCUT2D eigenvalue weighted by Crippen LogP contribution is 2.28. The lowest BCUT2D eigenvalue weighted by atomic mass is 10.1. The number of amides is 1. The Bertz CT molecular complexity index is 1390. The lowest BCUT2D eigenvalue weighted by molar-refractivity contribution is 0.0949. The molecule has 184 valence electrons. The molecule has 7 nitrogen and oxygen atoms in total. The van der Waals surface area contributed by atoms with Gasteiger partial charge < -0.3 is 9.47 Å². The molecule has 3 aromatic carbocycles. The Kier molecular flexibility index (Phi) is 8.64. The second-order valence-corrected chi connectivity index (χ2v) is 9.39. The van der Waals surface area contributed by atoms with Crippen molar-refractivity contribution in [2.75, 3.05) is 7.11 Å². The molecular formula is C26H21BrCl2N4O3. The third-order valence-electron chi connectivity index (χ3n) is 5.11. The number of methoxy groups -OCH3 is 1. The number of carbonyl (C=O) groups is 1. The van der Waals surface area contributed by atoms with Crippen LogP contribution >= 0.6 is 39.1 Å². The van der Waals surface area contributed by atoms with E-state index in [1.807, 2.05) is 36.4 Å². The maximum Gasteiger partial charge on any atom is 0.291 e. The normalized spacial score (nSPS) is 11.0. The van der Waals surface area contributed by atoms with E-state index in [1.165, 1.54) is 6.21 Å². The number of carbonyl (C=O) groups excluding carboxylic acids is 1. The monoisotopic (exact) mass is 586 g/mol. The maximum absolute atomic E-state index is 12.4. The second kappa shape index (κ2) is 12.1. The van der Waals surface area contributed by atoms with E-state index in [2.05, 4.69) is 31.6 Å². The third kappa shape index (κ3) is 6.87. The van der Waals surface area contributed by atoms with Crippen LogP contribution in [0.1, 0.15) is 27.2 Å². The van der Waals surface area contributed by atoms with Crippen molar-refractivity contribution in [1.29, 1.82) is 0 Å². The largest absolute Gasteiger partial charge is 0.496 e. The first kappa shape index (κ1) is 25.8. The van der Waals surface area contributed by atoms with Crippen LogP contribution in [0.5, 0.6) is 11.5 Å². The van der Waals surface area contributed by atoms with Crippen LogP contribution in [-0.4, -0.2) is 29.0 Å². The molecule has 0 saturated carbocycles. The van der Waals surface area contributed by atoms with Crippen LogP contribution in [0.15, 0.2) is 82.5 Å². The number of hydrazone groups is 1. The van der Waals surface area contributed by atoms with Crippen molar-refractivity contribution in [2.24, 2.45) is 5.10 Å². The summed E-state index contributed by atoms with van der Waals surface area (Å²) in [7, 11) is 1.57. The molecule has 0 fully saturated rings. The molecule has 1 heterocycles. The van der Waals surface area contributed by atoms with Gasteiger partial charge in [-0.25, -0.2) is 5.43 Å². The summed E-state index contributed by atoms with van der Waals surface area (Å²) in [6.45, 7) is 0.836. The molecule has 4 rings (SSSR count). The highest BCUT2D eigenvalue weighted by molar-refractivity contribution is 9.10. The van der Waals surface area contributed by atoms with E-state index in [0.29, 0.717) is 28.1 Å². The number of aromatic nitrogens is 2. The molecular weight excluding hydrogens is 567 g/mol. The van der Waals surface area contributed by atoms with Crippen LogP contribution in [0.3, 0.4) is 0 Å². The van der Waals surface area contributed by atoms with Crippen molar-refractivity contribution in [3.63, 3.8) is 0 Å². The minimum Gasteiger partial charge on any atom is -0.496 e. The fourth-order valence-corrected chi connectivity index (χ4v) is 3.81. The second-order valence-electron chi connectivity index (χ2n) is 7.66. The lowest BCUT2D eigenvalue weighted by Gasteiger charge is -2.11. The minimum atomic E-state index is -0.403. The number of ether oxygens (including phenoxy) is 2. The molecule has 0 aliphatic carbocycles. The van der Waals surface area contributed by atoms with E-state index >= 15 is 0 Å².